The third-order valence-electron chi connectivity index (χ3n) is 4.06. The molecular weight excluding hydrogens is 196 g/mol. The number of carbonyl (C=O) groups is 1. The number of ketones is 1. The van der Waals surface area contributed by atoms with E-state index >= 15 is 0 Å². The summed E-state index contributed by atoms with van der Waals surface area (Å²) in [5, 5.41) is 0. The van der Waals surface area contributed by atoms with E-state index in [0.29, 0.717) is 11.3 Å². The summed E-state index contributed by atoms with van der Waals surface area (Å²) in [6.45, 7) is 4.51. The van der Waals surface area contributed by atoms with Gasteiger partial charge in [0, 0.05) is 0 Å². The summed E-state index contributed by atoms with van der Waals surface area (Å²) in [4.78, 5) is 12.0. The largest absolute Gasteiger partial charge is 0.294 e. The molecule has 0 bridgehead atoms. The molecule has 0 amide bonds. The maximum atomic E-state index is 12.0. The Hall–Kier alpha value is -1.37. The number of allylic oxidation sites excluding steroid dienone is 1. The molecule has 1 nitrogen and oxygen atoms in total. The summed E-state index contributed by atoms with van der Waals surface area (Å²) in [7, 11) is 0. The number of fused-ring (bicyclic) bond motifs is 1. The highest BCUT2D eigenvalue weighted by molar-refractivity contribution is 6.02. The molecule has 3 rings (SSSR count). The maximum absolute atomic E-state index is 12.0. The predicted molar refractivity (Wildman–Crippen MR) is 65.1 cm³/mol. The van der Waals surface area contributed by atoms with Crippen LogP contribution in [0.3, 0.4) is 0 Å². The van der Waals surface area contributed by atoms with E-state index in [-0.39, 0.29) is 11.7 Å². The summed E-state index contributed by atoms with van der Waals surface area (Å²) in [6, 6.07) is 8.28. The van der Waals surface area contributed by atoms with Crippen LogP contribution in [0.2, 0.25) is 0 Å². The van der Waals surface area contributed by atoms with Gasteiger partial charge in [-0.3, -0.25) is 4.79 Å². The first-order valence-corrected chi connectivity index (χ1v) is 5.90. The average molecular weight is 212 g/mol. The quantitative estimate of drug-likeness (QED) is 0.697. The highest BCUT2D eigenvalue weighted by atomic mass is 16.1. The van der Waals surface area contributed by atoms with Crippen molar-refractivity contribution in [3.63, 3.8) is 0 Å². The second kappa shape index (κ2) is 3.07. The lowest BCUT2D eigenvalue weighted by Crippen LogP contribution is -2.18. The Kier molecular flexibility index (Phi) is 1.88. The molecule has 0 radical (unpaired) electrons. The van der Waals surface area contributed by atoms with E-state index in [1.807, 2.05) is 18.2 Å². The van der Waals surface area contributed by atoms with Crippen LogP contribution in [-0.4, -0.2) is 5.78 Å². The zero-order valence-electron chi connectivity index (χ0n) is 9.73. The van der Waals surface area contributed by atoms with Crippen molar-refractivity contribution >= 4 is 11.9 Å². The van der Waals surface area contributed by atoms with Crippen LogP contribution < -0.4 is 0 Å². The number of hydrogen-bond acceptors (Lipinski definition) is 1. The molecule has 1 aromatic carbocycles. The first-order valence-electron chi connectivity index (χ1n) is 5.90. The van der Waals surface area contributed by atoms with Crippen molar-refractivity contribution in [2.75, 3.05) is 0 Å². The van der Waals surface area contributed by atoms with Crippen LogP contribution in [0.4, 0.5) is 0 Å². The normalized spacial score (nSPS) is 30.0. The fourth-order valence-corrected chi connectivity index (χ4v) is 2.87. The second-order valence-electron chi connectivity index (χ2n) is 5.64. The highest BCUT2D eigenvalue weighted by Gasteiger charge is 2.52. The monoisotopic (exact) mass is 212 g/mol. The lowest BCUT2D eigenvalue weighted by molar-refractivity contribution is -0.116. The van der Waals surface area contributed by atoms with Crippen LogP contribution in [0.5, 0.6) is 0 Å². The highest BCUT2D eigenvalue weighted by Crippen LogP contribution is 2.59. The van der Waals surface area contributed by atoms with Crippen molar-refractivity contribution in [2.24, 2.45) is 11.3 Å². The summed E-state index contributed by atoms with van der Waals surface area (Å²) in [5.41, 5.74) is 2.79. The Morgan fingerprint density at radius 3 is 2.56 bits per heavy atom. The smallest absolute Gasteiger partial charge is 0.163 e. The molecule has 0 N–H and O–H groups in total. The second-order valence-corrected chi connectivity index (χ2v) is 5.64. The minimum Gasteiger partial charge on any atom is -0.294 e. The van der Waals surface area contributed by atoms with Crippen LogP contribution >= 0.6 is 0 Å². The fraction of sp³-hybridized carbons (Fsp3) is 0.400. The molecule has 82 valence electrons. The third-order valence-corrected chi connectivity index (χ3v) is 4.06. The van der Waals surface area contributed by atoms with E-state index in [1.54, 1.807) is 6.08 Å². The zero-order chi connectivity index (χ0) is 11.3. The zero-order valence-corrected chi connectivity index (χ0v) is 9.73. The Morgan fingerprint density at radius 1 is 1.19 bits per heavy atom. The first kappa shape index (κ1) is 9.83. The molecule has 0 spiro atoms. The van der Waals surface area contributed by atoms with Gasteiger partial charge in [-0.25, -0.2) is 0 Å². The molecule has 0 saturated heterocycles. The van der Waals surface area contributed by atoms with Crippen molar-refractivity contribution in [1.29, 1.82) is 0 Å². The van der Waals surface area contributed by atoms with Crippen LogP contribution in [0.15, 0.2) is 30.3 Å². The molecule has 16 heavy (non-hydrogen) atoms. The van der Waals surface area contributed by atoms with Crippen molar-refractivity contribution in [1.82, 2.24) is 0 Å². The van der Waals surface area contributed by atoms with Gasteiger partial charge in [-0.15, -0.1) is 0 Å². The lowest BCUT2D eigenvalue weighted by Gasteiger charge is -2.21. The molecule has 2 aliphatic rings. The Labute approximate surface area is 96.2 Å². The lowest BCUT2D eigenvalue weighted by atomic mass is 9.81. The van der Waals surface area contributed by atoms with Crippen molar-refractivity contribution < 1.29 is 4.79 Å². The van der Waals surface area contributed by atoms with Crippen LogP contribution in [-0.2, 0) is 4.79 Å². The molecule has 0 heterocycles. The number of benzene rings is 1. The van der Waals surface area contributed by atoms with Gasteiger partial charge in [0.15, 0.2) is 5.78 Å². The average Bonchev–Trinajstić information content (AvgIpc) is 2.87. The van der Waals surface area contributed by atoms with Crippen molar-refractivity contribution in [3.05, 3.63) is 41.5 Å². The van der Waals surface area contributed by atoms with Crippen LogP contribution in [0.25, 0.3) is 6.08 Å². The minimum absolute atomic E-state index is 0.108. The predicted octanol–water partition coefficient (Wildman–Crippen LogP) is 3.41. The van der Waals surface area contributed by atoms with Gasteiger partial charge in [-0.1, -0.05) is 44.2 Å². The molecule has 1 aromatic rings. The number of rotatable bonds is 1. The van der Waals surface area contributed by atoms with Gasteiger partial charge in [0.05, 0.1) is 5.92 Å². The van der Waals surface area contributed by atoms with Crippen molar-refractivity contribution in [2.45, 2.75) is 26.2 Å². The van der Waals surface area contributed by atoms with Gasteiger partial charge < -0.3 is 0 Å². The van der Waals surface area contributed by atoms with Crippen LogP contribution in [0.1, 0.15) is 37.3 Å². The van der Waals surface area contributed by atoms with Gasteiger partial charge >= 0.3 is 0 Å². The Morgan fingerprint density at radius 2 is 1.88 bits per heavy atom. The maximum Gasteiger partial charge on any atom is 0.163 e. The SMILES string of the molecule is CC1(C)CC1C1C(=O)C=Cc2ccccc21. The van der Waals surface area contributed by atoms with Crippen LogP contribution in [0, 0.1) is 11.3 Å². The van der Waals surface area contributed by atoms with Gasteiger partial charge in [-0.2, -0.15) is 0 Å². The van der Waals surface area contributed by atoms with Gasteiger partial charge in [0.2, 0.25) is 0 Å². The molecule has 2 aliphatic carbocycles. The Bertz CT molecular complexity index is 482. The van der Waals surface area contributed by atoms with Gasteiger partial charge in [-0.05, 0) is 35.0 Å². The summed E-state index contributed by atoms with van der Waals surface area (Å²) in [5.74, 6) is 0.927. The summed E-state index contributed by atoms with van der Waals surface area (Å²) >= 11 is 0. The van der Waals surface area contributed by atoms with Gasteiger partial charge in [0.1, 0.15) is 0 Å². The van der Waals surface area contributed by atoms with E-state index in [0.717, 1.165) is 0 Å². The van der Waals surface area contributed by atoms with E-state index in [2.05, 4.69) is 26.0 Å². The first-order chi connectivity index (χ1) is 7.59. The van der Waals surface area contributed by atoms with E-state index in [9.17, 15) is 4.79 Å². The van der Waals surface area contributed by atoms with E-state index < -0.39 is 0 Å². The molecule has 1 heteroatoms. The topological polar surface area (TPSA) is 17.1 Å². The van der Waals surface area contributed by atoms with Crippen molar-refractivity contribution in [3.8, 4) is 0 Å². The number of hydrogen-bond donors (Lipinski definition) is 0. The standard InChI is InChI=1S/C15H16O/c1-15(2)9-12(15)14-11-6-4-3-5-10(11)7-8-13(14)16/h3-8,12,14H,9H2,1-2H3. The molecule has 0 aromatic heterocycles. The van der Waals surface area contributed by atoms with E-state index in [1.165, 1.54) is 17.5 Å². The third kappa shape index (κ3) is 1.35. The summed E-state index contributed by atoms with van der Waals surface area (Å²) in [6.07, 6.45) is 4.87. The molecular formula is C15H16O. The minimum atomic E-state index is 0.108. The van der Waals surface area contributed by atoms with Gasteiger partial charge in [0.25, 0.3) is 0 Å². The number of carbonyl (C=O) groups excluding carboxylic acids is 1. The molecule has 1 fully saturated rings. The molecule has 0 aliphatic heterocycles. The molecule has 1 saturated carbocycles. The Balaban J connectivity index is 2.05. The molecule has 2 unspecified atom stereocenters. The molecule has 2 atom stereocenters. The van der Waals surface area contributed by atoms with E-state index in [4.69, 9.17) is 0 Å². The fourth-order valence-electron chi connectivity index (χ4n) is 2.87. The summed E-state index contributed by atoms with van der Waals surface area (Å²) < 4.78 is 0.